The van der Waals surface area contributed by atoms with Crippen molar-refractivity contribution in [3.63, 3.8) is 0 Å². The van der Waals surface area contributed by atoms with Crippen LogP contribution in [0.3, 0.4) is 0 Å². The van der Waals surface area contributed by atoms with Gasteiger partial charge in [0.1, 0.15) is 11.5 Å². The standard InChI is InChI=1S/C25H20ClFN4O5/c26-18-7-8-20(27)19(10-18)16-5-3-15(4-6-16)13-31(14-22(32)25(34)35)29-24(33)23-11-21(30-36-23)17-2-1-9-28-12-17/h1-12,22,32H,13-14H2,(H,29,33)(H,34,35). The van der Waals surface area contributed by atoms with E-state index in [-0.39, 0.29) is 12.3 Å². The van der Waals surface area contributed by atoms with Crippen molar-refractivity contribution in [2.24, 2.45) is 0 Å². The third-order valence-corrected chi connectivity index (χ3v) is 5.43. The molecule has 184 valence electrons. The summed E-state index contributed by atoms with van der Waals surface area (Å²) in [6.45, 7) is -0.368. The smallest absolute Gasteiger partial charge is 0.333 e. The fraction of sp³-hybridized carbons (Fsp3) is 0.120. The number of carbonyl (C=O) groups is 2. The van der Waals surface area contributed by atoms with Gasteiger partial charge in [0.15, 0.2) is 6.10 Å². The predicted molar refractivity (Wildman–Crippen MR) is 128 cm³/mol. The molecule has 1 unspecified atom stereocenters. The van der Waals surface area contributed by atoms with Crippen LogP contribution in [0.2, 0.25) is 5.02 Å². The molecule has 1 amide bonds. The summed E-state index contributed by atoms with van der Waals surface area (Å²) in [5, 5.41) is 24.5. The minimum absolute atomic E-state index is 0.0397. The second-order valence-electron chi connectivity index (χ2n) is 7.81. The molecule has 0 fully saturated rings. The number of carboxylic acids is 1. The number of halogens is 2. The zero-order valence-electron chi connectivity index (χ0n) is 18.6. The first kappa shape index (κ1) is 25.0. The van der Waals surface area contributed by atoms with E-state index >= 15 is 0 Å². The van der Waals surface area contributed by atoms with Crippen molar-refractivity contribution >= 4 is 23.5 Å². The van der Waals surface area contributed by atoms with Crippen molar-refractivity contribution in [2.75, 3.05) is 6.54 Å². The van der Waals surface area contributed by atoms with Crippen LogP contribution in [0.1, 0.15) is 16.1 Å². The SMILES string of the molecule is O=C(NN(Cc1ccc(-c2cc(Cl)ccc2F)cc1)CC(O)C(=O)O)c1cc(-c2cccnc2)no1. The third kappa shape index (κ3) is 6.11. The number of nitrogens with zero attached hydrogens (tertiary/aromatic N) is 3. The van der Waals surface area contributed by atoms with E-state index in [1.807, 2.05) is 0 Å². The molecule has 0 radical (unpaired) electrons. The largest absolute Gasteiger partial charge is 0.479 e. The fourth-order valence-electron chi connectivity index (χ4n) is 3.40. The molecule has 0 saturated carbocycles. The molecular formula is C25H20ClFN4O5. The summed E-state index contributed by atoms with van der Waals surface area (Å²) in [5.41, 5.74) is 5.16. The highest BCUT2D eigenvalue weighted by molar-refractivity contribution is 6.30. The Balaban J connectivity index is 1.50. The Bertz CT molecular complexity index is 1360. The normalized spacial score (nSPS) is 11.9. The Labute approximate surface area is 209 Å². The summed E-state index contributed by atoms with van der Waals surface area (Å²) in [4.78, 5) is 28.0. The number of amides is 1. The Hall–Kier alpha value is -4.12. The van der Waals surface area contributed by atoms with Crippen molar-refractivity contribution in [1.82, 2.24) is 20.6 Å². The molecule has 1 atom stereocenters. The van der Waals surface area contributed by atoms with Gasteiger partial charge in [-0.1, -0.05) is 41.0 Å². The number of benzene rings is 2. The van der Waals surface area contributed by atoms with Crippen LogP contribution in [0.15, 0.2) is 77.6 Å². The maximum Gasteiger partial charge on any atom is 0.333 e. The second-order valence-corrected chi connectivity index (χ2v) is 8.25. The van der Waals surface area contributed by atoms with E-state index in [0.29, 0.717) is 33.0 Å². The molecule has 2 aromatic carbocycles. The summed E-state index contributed by atoms with van der Waals surface area (Å²) < 4.78 is 19.3. The van der Waals surface area contributed by atoms with Gasteiger partial charge in [-0.2, -0.15) is 0 Å². The molecule has 36 heavy (non-hydrogen) atoms. The molecule has 0 bridgehead atoms. The highest BCUT2D eigenvalue weighted by Crippen LogP contribution is 2.26. The average molecular weight is 511 g/mol. The number of hydrazine groups is 1. The van der Waals surface area contributed by atoms with Crippen LogP contribution < -0.4 is 5.43 Å². The van der Waals surface area contributed by atoms with Crippen molar-refractivity contribution in [1.29, 1.82) is 0 Å². The van der Waals surface area contributed by atoms with E-state index in [9.17, 15) is 19.1 Å². The summed E-state index contributed by atoms with van der Waals surface area (Å²) in [5.74, 6) is -2.67. The van der Waals surface area contributed by atoms with Gasteiger partial charge in [-0.3, -0.25) is 15.2 Å². The molecule has 4 aromatic rings. The Morgan fingerprint density at radius 3 is 2.58 bits per heavy atom. The number of aliphatic carboxylic acids is 1. The Kier molecular flexibility index (Phi) is 7.69. The quantitative estimate of drug-likeness (QED) is 0.290. The van der Waals surface area contributed by atoms with Crippen LogP contribution >= 0.6 is 11.6 Å². The first-order valence-electron chi connectivity index (χ1n) is 10.7. The second kappa shape index (κ2) is 11.1. The van der Waals surface area contributed by atoms with Crippen molar-refractivity contribution in [3.05, 3.63) is 95.2 Å². The monoisotopic (exact) mass is 510 g/mol. The lowest BCUT2D eigenvalue weighted by atomic mass is 10.0. The van der Waals surface area contributed by atoms with E-state index in [1.54, 1.807) is 48.8 Å². The molecule has 0 spiro atoms. The summed E-state index contributed by atoms with van der Waals surface area (Å²) in [7, 11) is 0. The van der Waals surface area contributed by atoms with Crippen LogP contribution in [0.5, 0.6) is 0 Å². The van der Waals surface area contributed by atoms with Crippen LogP contribution in [0.25, 0.3) is 22.4 Å². The van der Waals surface area contributed by atoms with Crippen LogP contribution in [-0.2, 0) is 11.3 Å². The van der Waals surface area contributed by atoms with Gasteiger partial charge >= 0.3 is 11.9 Å². The molecular weight excluding hydrogens is 491 g/mol. The first-order chi connectivity index (χ1) is 17.3. The fourth-order valence-corrected chi connectivity index (χ4v) is 3.57. The van der Waals surface area contributed by atoms with Gasteiger partial charge in [0, 0.05) is 41.2 Å². The zero-order valence-corrected chi connectivity index (χ0v) is 19.4. The minimum Gasteiger partial charge on any atom is -0.479 e. The van der Waals surface area contributed by atoms with Gasteiger partial charge in [0.05, 0.1) is 6.54 Å². The number of rotatable bonds is 9. The molecule has 2 heterocycles. The van der Waals surface area contributed by atoms with Gasteiger partial charge < -0.3 is 14.7 Å². The van der Waals surface area contributed by atoms with Crippen molar-refractivity contribution in [3.8, 4) is 22.4 Å². The van der Waals surface area contributed by atoms with Crippen molar-refractivity contribution in [2.45, 2.75) is 12.6 Å². The van der Waals surface area contributed by atoms with E-state index in [4.69, 9.17) is 21.2 Å². The zero-order chi connectivity index (χ0) is 25.7. The highest BCUT2D eigenvalue weighted by Gasteiger charge is 2.22. The van der Waals surface area contributed by atoms with Crippen LogP contribution in [0, 0.1) is 5.82 Å². The molecule has 3 N–H and O–H groups in total. The Morgan fingerprint density at radius 1 is 1.11 bits per heavy atom. The molecule has 0 aliphatic carbocycles. The number of hydrogen-bond donors (Lipinski definition) is 3. The molecule has 0 aliphatic rings. The Morgan fingerprint density at radius 2 is 1.89 bits per heavy atom. The lowest BCUT2D eigenvalue weighted by Crippen LogP contribution is -2.47. The first-order valence-corrected chi connectivity index (χ1v) is 11.1. The molecule has 2 aromatic heterocycles. The molecule has 4 rings (SSSR count). The highest BCUT2D eigenvalue weighted by atomic mass is 35.5. The maximum atomic E-state index is 14.2. The lowest BCUT2D eigenvalue weighted by Gasteiger charge is -2.24. The molecule has 9 nitrogen and oxygen atoms in total. The minimum atomic E-state index is -1.76. The van der Waals surface area contributed by atoms with E-state index < -0.39 is 30.3 Å². The molecule has 11 heteroatoms. The number of aliphatic hydroxyl groups is 1. The number of aliphatic hydroxyl groups excluding tert-OH is 1. The van der Waals surface area contributed by atoms with Crippen molar-refractivity contribution < 1.29 is 28.7 Å². The predicted octanol–water partition coefficient (Wildman–Crippen LogP) is 3.79. The number of carboxylic acid groups (broad SMARTS) is 1. The summed E-state index contributed by atoms with van der Waals surface area (Å²) >= 11 is 5.98. The van der Waals surface area contributed by atoms with Gasteiger partial charge in [0.2, 0.25) is 5.76 Å². The summed E-state index contributed by atoms with van der Waals surface area (Å²) in [6, 6.07) is 15.9. The topological polar surface area (TPSA) is 129 Å². The number of hydrogen-bond acceptors (Lipinski definition) is 7. The van der Waals surface area contributed by atoms with Gasteiger partial charge in [-0.15, -0.1) is 0 Å². The average Bonchev–Trinajstić information content (AvgIpc) is 3.37. The van der Waals surface area contributed by atoms with E-state index in [0.717, 1.165) is 0 Å². The van der Waals surface area contributed by atoms with Crippen LogP contribution in [-0.4, -0.2) is 49.9 Å². The van der Waals surface area contributed by atoms with Crippen LogP contribution in [0.4, 0.5) is 4.39 Å². The third-order valence-electron chi connectivity index (χ3n) is 5.20. The maximum absolute atomic E-state index is 14.2. The number of nitrogens with one attached hydrogen (secondary N) is 1. The van der Waals surface area contributed by atoms with Gasteiger partial charge in [-0.25, -0.2) is 14.2 Å². The molecule has 0 aliphatic heterocycles. The number of carbonyl (C=O) groups excluding carboxylic acids is 1. The lowest BCUT2D eigenvalue weighted by molar-refractivity contribution is -0.148. The number of aromatic nitrogens is 2. The van der Waals surface area contributed by atoms with Gasteiger partial charge in [0.25, 0.3) is 0 Å². The summed E-state index contributed by atoms with van der Waals surface area (Å²) in [6.07, 6.45) is 1.40. The molecule has 0 saturated heterocycles. The van der Waals surface area contributed by atoms with E-state index in [2.05, 4.69) is 15.6 Å². The van der Waals surface area contributed by atoms with E-state index in [1.165, 1.54) is 29.3 Å². The van der Waals surface area contributed by atoms with Gasteiger partial charge in [-0.05, 0) is 41.5 Å². The number of pyridine rings is 1.